The first-order chi connectivity index (χ1) is 8.28. The number of carbonyl (C=O) groups excluding carboxylic acids is 2. The molecule has 1 aliphatic heterocycles. The molecule has 0 spiro atoms. The summed E-state index contributed by atoms with van der Waals surface area (Å²) in [5, 5.41) is 0. The zero-order valence-electron chi connectivity index (χ0n) is 11.6. The van der Waals surface area contributed by atoms with Crippen LogP contribution >= 0.6 is 0 Å². The van der Waals surface area contributed by atoms with E-state index in [9.17, 15) is 9.59 Å². The molecule has 18 heavy (non-hydrogen) atoms. The summed E-state index contributed by atoms with van der Waals surface area (Å²) < 4.78 is 5.11. The fourth-order valence-electron chi connectivity index (χ4n) is 1.85. The lowest BCUT2D eigenvalue weighted by Crippen LogP contribution is -2.53. The number of amides is 2. The fraction of sp³-hybridized carbons (Fsp3) is 0.833. The van der Waals surface area contributed by atoms with Gasteiger partial charge < -0.3 is 9.64 Å². The number of carbonyl (C=O) groups is 2. The van der Waals surface area contributed by atoms with Gasteiger partial charge >= 0.3 is 6.09 Å². The first-order valence-corrected chi connectivity index (χ1v) is 6.28. The Kier molecular flexibility index (Phi) is 4.95. The Morgan fingerprint density at radius 3 is 2.56 bits per heavy atom. The first-order valence-electron chi connectivity index (χ1n) is 6.28. The normalized spacial score (nSPS) is 20.4. The number of rotatable bonds is 2. The second-order valence-electron chi connectivity index (χ2n) is 5.58. The van der Waals surface area contributed by atoms with E-state index in [2.05, 4.69) is 10.9 Å². The number of nitrogens with zero attached hydrogens (tertiary/aromatic N) is 1. The van der Waals surface area contributed by atoms with Gasteiger partial charge in [-0.1, -0.05) is 0 Å². The van der Waals surface area contributed by atoms with E-state index in [-0.39, 0.29) is 11.9 Å². The van der Waals surface area contributed by atoms with E-state index in [1.165, 1.54) is 0 Å². The summed E-state index contributed by atoms with van der Waals surface area (Å²) in [5.41, 5.74) is 4.92. The van der Waals surface area contributed by atoms with Gasteiger partial charge in [0.25, 0.3) is 0 Å². The zero-order chi connectivity index (χ0) is 13.8. The van der Waals surface area contributed by atoms with Gasteiger partial charge in [-0.15, -0.1) is 0 Å². The van der Waals surface area contributed by atoms with Crippen molar-refractivity contribution >= 4 is 12.0 Å². The molecule has 1 heterocycles. The monoisotopic (exact) mass is 257 g/mol. The Labute approximate surface area is 108 Å². The largest absolute Gasteiger partial charge is 0.443 e. The Balaban J connectivity index is 2.31. The van der Waals surface area contributed by atoms with Crippen LogP contribution < -0.4 is 10.9 Å². The topological polar surface area (TPSA) is 70.7 Å². The highest BCUT2D eigenvalue weighted by atomic mass is 16.6. The van der Waals surface area contributed by atoms with Gasteiger partial charge in [0.05, 0.1) is 0 Å². The van der Waals surface area contributed by atoms with Crippen molar-refractivity contribution in [3.63, 3.8) is 0 Å². The van der Waals surface area contributed by atoms with Gasteiger partial charge in [0.2, 0.25) is 5.91 Å². The van der Waals surface area contributed by atoms with Crippen molar-refractivity contribution < 1.29 is 14.3 Å². The molecule has 1 saturated heterocycles. The van der Waals surface area contributed by atoms with Crippen LogP contribution in [0.4, 0.5) is 4.79 Å². The lowest BCUT2D eigenvalue weighted by atomic mass is 10.1. The minimum absolute atomic E-state index is 0.0683. The van der Waals surface area contributed by atoms with Crippen LogP contribution in [-0.4, -0.2) is 41.6 Å². The molecule has 1 atom stereocenters. The summed E-state index contributed by atoms with van der Waals surface area (Å²) in [4.78, 5) is 24.5. The van der Waals surface area contributed by atoms with Gasteiger partial charge in [0, 0.05) is 26.1 Å². The highest BCUT2D eigenvalue weighted by Gasteiger charge is 2.22. The van der Waals surface area contributed by atoms with Crippen molar-refractivity contribution in [3.05, 3.63) is 0 Å². The summed E-state index contributed by atoms with van der Waals surface area (Å²) in [7, 11) is 0. The molecule has 6 nitrogen and oxygen atoms in total. The van der Waals surface area contributed by atoms with E-state index in [0.717, 1.165) is 19.4 Å². The third-order valence-corrected chi connectivity index (χ3v) is 2.64. The SMILES string of the molecule is CC(=O)N1CCCC(NNC(=O)OC(C)(C)C)C1. The maximum Gasteiger partial charge on any atom is 0.422 e. The molecule has 0 bridgehead atoms. The van der Waals surface area contributed by atoms with Crippen molar-refractivity contribution in [3.8, 4) is 0 Å². The summed E-state index contributed by atoms with van der Waals surface area (Å²) in [6, 6.07) is 0.0789. The lowest BCUT2D eigenvalue weighted by Gasteiger charge is -2.32. The number of nitrogens with one attached hydrogen (secondary N) is 2. The lowest BCUT2D eigenvalue weighted by molar-refractivity contribution is -0.130. The van der Waals surface area contributed by atoms with E-state index in [1.54, 1.807) is 11.8 Å². The maximum atomic E-state index is 11.4. The van der Waals surface area contributed by atoms with E-state index in [0.29, 0.717) is 6.54 Å². The second-order valence-corrected chi connectivity index (χ2v) is 5.58. The molecular formula is C12H23N3O3. The van der Waals surface area contributed by atoms with Gasteiger partial charge in [0.1, 0.15) is 5.60 Å². The van der Waals surface area contributed by atoms with Crippen LogP contribution in [0, 0.1) is 0 Å². The van der Waals surface area contributed by atoms with Gasteiger partial charge in [-0.2, -0.15) is 0 Å². The van der Waals surface area contributed by atoms with E-state index < -0.39 is 11.7 Å². The van der Waals surface area contributed by atoms with Crippen LogP contribution in [0.1, 0.15) is 40.5 Å². The Morgan fingerprint density at radius 2 is 2.00 bits per heavy atom. The number of hydrazine groups is 1. The average Bonchev–Trinajstić information content (AvgIpc) is 2.24. The fourth-order valence-corrected chi connectivity index (χ4v) is 1.85. The Morgan fingerprint density at radius 1 is 1.33 bits per heavy atom. The molecule has 2 amide bonds. The molecule has 2 N–H and O–H groups in total. The van der Waals surface area contributed by atoms with Crippen molar-refractivity contribution in [2.75, 3.05) is 13.1 Å². The predicted molar refractivity (Wildman–Crippen MR) is 67.8 cm³/mol. The molecule has 0 aliphatic carbocycles. The minimum Gasteiger partial charge on any atom is -0.443 e. The van der Waals surface area contributed by atoms with Gasteiger partial charge in [-0.3, -0.25) is 10.2 Å². The highest BCUT2D eigenvalue weighted by molar-refractivity contribution is 5.73. The zero-order valence-corrected chi connectivity index (χ0v) is 11.6. The van der Waals surface area contributed by atoms with Crippen LogP contribution in [0.25, 0.3) is 0 Å². The van der Waals surface area contributed by atoms with Crippen LogP contribution in [0.2, 0.25) is 0 Å². The van der Waals surface area contributed by atoms with E-state index in [4.69, 9.17) is 4.74 Å². The molecule has 104 valence electrons. The summed E-state index contributed by atoms with van der Waals surface area (Å²) >= 11 is 0. The van der Waals surface area contributed by atoms with Gasteiger partial charge in [-0.25, -0.2) is 10.2 Å². The molecule has 1 aliphatic rings. The van der Waals surface area contributed by atoms with Crippen LogP contribution in [0.5, 0.6) is 0 Å². The smallest absolute Gasteiger partial charge is 0.422 e. The van der Waals surface area contributed by atoms with Crippen molar-refractivity contribution in [2.24, 2.45) is 0 Å². The molecule has 0 radical (unpaired) electrons. The summed E-state index contributed by atoms with van der Waals surface area (Å²) in [6.45, 7) is 8.40. The molecule has 0 aromatic heterocycles. The Hall–Kier alpha value is -1.30. The number of piperidine rings is 1. The van der Waals surface area contributed by atoms with Crippen molar-refractivity contribution in [2.45, 2.75) is 52.2 Å². The third kappa shape index (κ3) is 5.35. The molecule has 6 heteroatoms. The second kappa shape index (κ2) is 6.04. The van der Waals surface area contributed by atoms with Crippen LogP contribution in [-0.2, 0) is 9.53 Å². The van der Waals surface area contributed by atoms with Gasteiger partial charge in [-0.05, 0) is 33.6 Å². The molecule has 0 aromatic rings. The number of likely N-dealkylation sites (tertiary alicyclic amines) is 1. The number of hydrogen-bond donors (Lipinski definition) is 2. The standard InChI is InChI=1S/C12H23N3O3/c1-9(16)15-7-5-6-10(8-15)13-14-11(17)18-12(2,3)4/h10,13H,5-8H2,1-4H3,(H,14,17). The van der Waals surface area contributed by atoms with E-state index in [1.807, 2.05) is 20.8 Å². The minimum atomic E-state index is -0.510. The molecule has 0 saturated carbocycles. The summed E-state index contributed by atoms with van der Waals surface area (Å²) in [6.07, 6.45) is 1.37. The molecular weight excluding hydrogens is 234 g/mol. The van der Waals surface area contributed by atoms with Crippen molar-refractivity contribution in [1.82, 2.24) is 15.8 Å². The molecule has 0 aromatic carbocycles. The first kappa shape index (κ1) is 14.8. The number of hydrogen-bond acceptors (Lipinski definition) is 4. The van der Waals surface area contributed by atoms with Crippen LogP contribution in [0.15, 0.2) is 0 Å². The Bertz CT molecular complexity index is 312. The van der Waals surface area contributed by atoms with Crippen molar-refractivity contribution in [1.29, 1.82) is 0 Å². The predicted octanol–water partition coefficient (Wildman–Crippen LogP) is 1.03. The van der Waals surface area contributed by atoms with Gasteiger partial charge in [0.15, 0.2) is 0 Å². The third-order valence-electron chi connectivity index (χ3n) is 2.64. The molecule has 1 unspecified atom stereocenters. The number of ether oxygens (including phenoxy) is 1. The molecule has 1 rings (SSSR count). The van der Waals surface area contributed by atoms with E-state index >= 15 is 0 Å². The quantitative estimate of drug-likeness (QED) is 0.725. The summed E-state index contributed by atoms with van der Waals surface area (Å²) in [5.74, 6) is 0.0683. The van der Waals surface area contributed by atoms with Crippen LogP contribution in [0.3, 0.4) is 0 Å². The highest BCUT2D eigenvalue weighted by Crippen LogP contribution is 2.10. The average molecular weight is 257 g/mol. The maximum absolute atomic E-state index is 11.4. The molecule has 1 fully saturated rings.